The van der Waals surface area contributed by atoms with Crippen LogP contribution in [0.2, 0.25) is 0 Å². The van der Waals surface area contributed by atoms with Crippen molar-refractivity contribution in [2.24, 2.45) is 5.10 Å². The van der Waals surface area contributed by atoms with Gasteiger partial charge in [0.15, 0.2) is 0 Å². The number of non-ortho nitro benzene ring substituents is 1. The number of unbranched alkanes of at least 4 members (excludes halogenated alkanes) is 1. The van der Waals surface area contributed by atoms with Crippen LogP contribution >= 0.6 is 0 Å². The molecule has 0 unspecified atom stereocenters. The van der Waals surface area contributed by atoms with Gasteiger partial charge in [-0.25, -0.2) is 5.43 Å². The Morgan fingerprint density at radius 1 is 1.42 bits per heavy atom. The molecule has 0 saturated carbocycles. The van der Waals surface area contributed by atoms with Gasteiger partial charge in [0, 0.05) is 23.9 Å². The summed E-state index contributed by atoms with van der Waals surface area (Å²) in [5.74, 6) is -0.407. The minimum atomic E-state index is -0.516. The maximum Gasteiger partial charge on any atom is 0.271 e. The molecule has 0 aliphatic rings. The second-order valence-electron chi connectivity index (χ2n) is 3.74. The Morgan fingerprint density at radius 2 is 2.11 bits per heavy atom. The van der Waals surface area contributed by atoms with Gasteiger partial charge in [-0.1, -0.05) is 19.4 Å². The largest absolute Gasteiger partial charge is 0.271 e. The zero-order valence-electron chi connectivity index (χ0n) is 10.6. The van der Waals surface area contributed by atoms with Crippen molar-refractivity contribution in [2.45, 2.75) is 19.8 Å². The van der Waals surface area contributed by atoms with E-state index in [1.807, 2.05) is 6.08 Å². The van der Waals surface area contributed by atoms with Crippen LogP contribution in [0.3, 0.4) is 0 Å². The van der Waals surface area contributed by atoms with E-state index in [4.69, 9.17) is 0 Å². The second kappa shape index (κ2) is 7.75. The summed E-state index contributed by atoms with van der Waals surface area (Å²) in [7, 11) is 0. The maximum atomic E-state index is 11.6. The molecule has 0 aromatic heterocycles. The Hall–Kier alpha value is -2.50. The number of amides is 1. The van der Waals surface area contributed by atoms with E-state index in [0.717, 1.165) is 12.8 Å². The highest BCUT2D eigenvalue weighted by atomic mass is 16.6. The van der Waals surface area contributed by atoms with Gasteiger partial charge in [-0.3, -0.25) is 14.9 Å². The SMILES string of the molecule is CCC/C=C/C=N\NC(=O)c1ccc([N+](=O)[O-])cc1. The van der Waals surface area contributed by atoms with Crippen molar-refractivity contribution in [1.82, 2.24) is 5.43 Å². The third-order valence-electron chi connectivity index (χ3n) is 2.26. The zero-order chi connectivity index (χ0) is 14.1. The fraction of sp³-hybridized carbons (Fsp3) is 0.231. The lowest BCUT2D eigenvalue weighted by Crippen LogP contribution is -2.17. The van der Waals surface area contributed by atoms with Gasteiger partial charge in [0.2, 0.25) is 0 Å². The van der Waals surface area contributed by atoms with Crippen LogP contribution in [0.4, 0.5) is 5.69 Å². The van der Waals surface area contributed by atoms with Crippen molar-refractivity contribution in [3.8, 4) is 0 Å². The van der Waals surface area contributed by atoms with Gasteiger partial charge in [-0.05, 0) is 24.6 Å². The van der Waals surface area contributed by atoms with Gasteiger partial charge in [0.1, 0.15) is 0 Å². The molecule has 19 heavy (non-hydrogen) atoms. The van der Waals surface area contributed by atoms with Crippen LogP contribution in [0.1, 0.15) is 30.1 Å². The van der Waals surface area contributed by atoms with Crippen molar-refractivity contribution in [2.75, 3.05) is 0 Å². The molecule has 0 fully saturated rings. The highest BCUT2D eigenvalue weighted by Crippen LogP contribution is 2.11. The number of carbonyl (C=O) groups excluding carboxylic acids is 1. The van der Waals surface area contributed by atoms with Gasteiger partial charge in [-0.15, -0.1) is 0 Å². The molecular formula is C13H15N3O3. The summed E-state index contributed by atoms with van der Waals surface area (Å²) in [5.41, 5.74) is 2.60. The summed E-state index contributed by atoms with van der Waals surface area (Å²) in [6, 6.07) is 5.32. The van der Waals surface area contributed by atoms with E-state index < -0.39 is 10.8 Å². The number of carbonyl (C=O) groups is 1. The predicted molar refractivity (Wildman–Crippen MR) is 73.1 cm³/mol. The first-order chi connectivity index (χ1) is 9.15. The number of allylic oxidation sites excluding steroid dienone is 2. The minimum absolute atomic E-state index is 0.0532. The number of hydrogen-bond acceptors (Lipinski definition) is 4. The van der Waals surface area contributed by atoms with Crippen LogP contribution in [-0.4, -0.2) is 17.0 Å². The lowest BCUT2D eigenvalue weighted by molar-refractivity contribution is -0.384. The van der Waals surface area contributed by atoms with E-state index in [-0.39, 0.29) is 5.69 Å². The molecule has 1 aromatic carbocycles. The van der Waals surface area contributed by atoms with E-state index in [1.165, 1.54) is 30.5 Å². The number of nitrogens with zero attached hydrogens (tertiary/aromatic N) is 2. The predicted octanol–water partition coefficient (Wildman–Crippen LogP) is 2.67. The van der Waals surface area contributed by atoms with Crippen LogP contribution < -0.4 is 5.43 Å². The number of nitro groups is 1. The number of benzene rings is 1. The fourth-order valence-electron chi connectivity index (χ4n) is 1.26. The fourth-order valence-corrected chi connectivity index (χ4v) is 1.26. The molecule has 0 aliphatic carbocycles. The van der Waals surface area contributed by atoms with Crippen LogP contribution in [0.25, 0.3) is 0 Å². The van der Waals surface area contributed by atoms with Gasteiger partial charge in [0.25, 0.3) is 11.6 Å². The van der Waals surface area contributed by atoms with E-state index >= 15 is 0 Å². The highest BCUT2D eigenvalue weighted by Gasteiger charge is 2.08. The lowest BCUT2D eigenvalue weighted by Gasteiger charge is -1.98. The van der Waals surface area contributed by atoms with Crippen LogP contribution in [-0.2, 0) is 0 Å². The quantitative estimate of drug-likeness (QED) is 0.485. The average molecular weight is 261 g/mol. The smallest absolute Gasteiger partial charge is 0.267 e. The first-order valence-electron chi connectivity index (χ1n) is 5.88. The number of nitro benzene ring substituents is 1. The molecule has 6 nitrogen and oxygen atoms in total. The van der Waals surface area contributed by atoms with Gasteiger partial charge < -0.3 is 0 Å². The summed E-state index contributed by atoms with van der Waals surface area (Å²) in [4.78, 5) is 21.5. The highest BCUT2D eigenvalue weighted by molar-refractivity contribution is 5.94. The lowest BCUT2D eigenvalue weighted by atomic mass is 10.2. The van der Waals surface area contributed by atoms with Crippen molar-refractivity contribution in [3.63, 3.8) is 0 Å². The Kier molecular flexibility index (Phi) is 5.94. The zero-order valence-corrected chi connectivity index (χ0v) is 10.6. The van der Waals surface area contributed by atoms with Crippen molar-refractivity contribution >= 4 is 17.8 Å². The molecule has 1 rings (SSSR count). The Bertz CT molecular complexity index is 492. The molecule has 0 aliphatic heterocycles. The van der Waals surface area contributed by atoms with Gasteiger partial charge >= 0.3 is 0 Å². The molecule has 100 valence electrons. The molecule has 0 saturated heterocycles. The van der Waals surface area contributed by atoms with Gasteiger partial charge in [-0.2, -0.15) is 5.10 Å². The molecular weight excluding hydrogens is 246 g/mol. The second-order valence-corrected chi connectivity index (χ2v) is 3.74. The Balaban J connectivity index is 2.52. The molecule has 1 N–H and O–H groups in total. The van der Waals surface area contributed by atoms with Crippen molar-refractivity contribution in [1.29, 1.82) is 0 Å². The molecule has 1 aromatic rings. The third kappa shape index (κ3) is 5.12. The monoisotopic (exact) mass is 261 g/mol. The molecule has 0 heterocycles. The average Bonchev–Trinajstić information content (AvgIpc) is 2.42. The number of nitrogens with one attached hydrogen (secondary N) is 1. The van der Waals surface area contributed by atoms with Gasteiger partial charge in [0.05, 0.1) is 4.92 Å². The first kappa shape index (κ1) is 14.6. The first-order valence-corrected chi connectivity index (χ1v) is 5.88. The van der Waals surface area contributed by atoms with E-state index in [9.17, 15) is 14.9 Å². The Morgan fingerprint density at radius 3 is 2.68 bits per heavy atom. The summed E-state index contributed by atoms with van der Waals surface area (Å²) < 4.78 is 0. The summed E-state index contributed by atoms with van der Waals surface area (Å²) in [6.45, 7) is 2.07. The van der Waals surface area contributed by atoms with E-state index in [0.29, 0.717) is 5.56 Å². The summed E-state index contributed by atoms with van der Waals surface area (Å²) in [6.07, 6.45) is 7.20. The number of hydrazone groups is 1. The van der Waals surface area contributed by atoms with Crippen molar-refractivity contribution in [3.05, 3.63) is 52.1 Å². The van der Waals surface area contributed by atoms with Crippen LogP contribution in [0.15, 0.2) is 41.5 Å². The third-order valence-corrected chi connectivity index (χ3v) is 2.26. The molecule has 1 amide bonds. The summed E-state index contributed by atoms with van der Waals surface area (Å²) in [5, 5.41) is 14.2. The standard InChI is InChI=1S/C13H15N3O3/c1-2-3-4-5-10-14-15-13(17)11-6-8-12(9-7-11)16(18)19/h4-10H,2-3H2,1H3,(H,15,17)/b5-4+,14-10-. The number of hydrogen-bond donors (Lipinski definition) is 1. The molecule has 0 radical (unpaired) electrons. The molecule has 0 atom stereocenters. The maximum absolute atomic E-state index is 11.6. The minimum Gasteiger partial charge on any atom is -0.267 e. The van der Waals surface area contributed by atoms with Crippen LogP contribution in [0, 0.1) is 10.1 Å². The van der Waals surface area contributed by atoms with E-state index in [2.05, 4.69) is 17.5 Å². The molecule has 0 spiro atoms. The molecule has 0 bridgehead atoms. The normalized spacial score (nSPS) is 11.0. The van der Waals surface area contributed by atoms with Crippen LogP contribution in [0.5, 0.6) is 0 Å². The Labute approximate surface area is 111 Å². The summed E-state index contributed by atoms with van der Waals surface area (Å²) >= 11 is 0. The van der Waals surface area contributed by atoms with E-state index in [1.54, 1.807) is 6.08 Å². The topological polar surface area (TPSA) is 84.6 Å². The molecule has 6 heteroatoms. The number of rotatable bonds is 6. The van der Waals surface area contributed by atoms with Crippen molar-refractivity contribution < 1.29 is 9.72 Å².